The van der Waals surface area contributed by atoms with Crippen LogP contribution in [0.1, 0.15) is 11.1 Å². The average Bonchev–Trinajstić information content (AvgIpc) is 2.45. The molecule has 0 saturated heterocycles. The second kappa shape index (κ2) is 6.48. The highest BCUT2D eigenvalue weighted by Gasteiger charge is 2.12. The van der Waals surface area contributed by atoms with Gasteiger partial charge in [0.05, 0.1) is 21.0 Å². The minimum Gasteiger partial charge on any atom is -0.488 e. The monoisotopic (exact) mass is 385 g/mol. The van der Waals surface area contributed by atoms with Crippen LogP contribution in [0.5, 0.6) is 5.75 Å². The lowest BCUT2D eigenvalue weighted by molar-refractivity contribution is 0.304. The highest BCUT2D eigenvalue weighted by molar-refractivity contribution is 9.10. The first-order valence-electron chi connectivity index (χ1n) is 5.76. The van der Waals surface area contributed by atoms with Crippen LogP contribution in [-0.4, -0.2) is 8.42 Å². The molecule has 0 fully saturated rings. The second-order valence-corrected chi connectivity index (χ2v) is 7.55. The van der Waals surface area contributed by atoms with E-state index in [1.54, 1.807) is 18.2 Å². The van der Waals surface area contributed by atoms with Crippen LogP contribution in [0.25, 0.3) is 0 Å². The summed E-state index contributed by atoms with van der Waals surface area (Å²) in [6, 6.07) is 13.4. The third-order valence-electron chi connectivity index (χ3n) is 2.64. The minimum absolute atomic E-state index is 0.00475. The lowest BCUT2D eigenvalue weighted by Crippen LogP contribution is -1.98. The molecular formula is C14H9BrClNO3S. The van der Waals surface area contributed by atoms with E-state index < -0.39 is 9.05 Å². The summed E-state index contributed by atoms with van der Waals surface area (Å²) >= 11 is 3.24. The third kappa shape index (κ3) is 4.21. The lowest BCUT2D eigenvalue weighted by atomic mass is 10.1. The Balaban J connectivity index is 2.15. The molecule has 0 radical (unpaired) electrons. The molecule has 21 heavy (non-hydrogen) atoms. The largest absolute Gasteiger partial charge is 0.488 e. The summed E-state index contributed by atoms with van der Waals surface area (Å²) in [5.41, 5.74) is 1.40. The summed E-state index contributed by atoms with van der Waals surface area (Å²) in [4.78, 5) is -0.00475. The van der Waals surface area contributed by atoms with Crippen molar-refractivity contribution in [2.45, 2.75) is 11.5 Å². The summed E-state index contributed by atoms with van der Waals surface area (Å²) in [6.07, 6.45) is 0. The quantitative estimate of drug-likeness (QED) is 0.749. The van der Waals surface area contributed by atoms with Crippen molar-refractivity contribution in [3.05, 3.63) is 58.1 Å². The van der Waals surface area contributed by atoms with Gasteiger partial charge in [-0.1, -0.05) is 12.1 Å². The van der Waals surface area contributed by atoms with Crippen LogP contribution in [0.15, 0.2) is 51.8 Å². The highest BCUT2D eigenvalue weighted by atomic mass is 79.9. The van der Waals surface area contributed by atoms with Crippen molar-refractivity contribution in [1.29, 1.82) is 5.26 Å². The number of halogens is 2. The first-order chi connectivity index (χ1) is 9.90. The summed E-state index contributed by atoms with van der Waals surface area (Å²) in [7, 11) is 1.50. The van der Waals surface area contributed by atoms with E-state index in [1.807, 2.05) is 6.07 Å². The fraction of sp³-hybridized carbons (Fsp3) is 0.0714. The number of ether oxygens (including phenoxy) is 1. The molecule has 2 aromatic carbocycles. The standard InChI is InChI=1S/C14H9BrClNO3S/c15-13-7-12(21(16,18)19)4-5-14(13)20-9-11-3-1-2-10(6-11)8-17/h1-7H,9H2. The van der Waals surface area contributed by atoms with E-state index >= 15 is 0 Å². The normalized spacial score (nSPS) is 10.9. The molecule has 0 atom stereocenters. The molecule has 0 aliphatic carbocycles. The Morgan fingerprint density at radius 2 is 2.00 bits per heavy atom. The van der Waals surface area contributed by atoms with Crippen molar-refractivity contribution in [3.63, 3.8) is 0 Å². The molecule has 0 aromatic heterocycles. The van der Waals surface area contributed by atoms with Gasteiger partial charge in [0.2, 0.25) is 0 Å². The van der Waals surface area contributed by atoms with Gasteiger partial charge in [0.1, 0.15) is 12.4 Å². The molecule has 0 unspecified atom stereocenters. The number of nitrogens with zero attached hydrogens (tertiary/aromatic N) is 1. The molecule has 0 aliphatic heterocycles. The first kappa shape index (κ1) is 15.8. The topological polar surface area (TPSA) is 67.2 Å². The molecule has 2 aromatic rings. The van der Waals surface area contributed by atoms with Gasteiger partial charge in [0, 0.05) is 10.7 Å². The van der Waals surface area contributed by atoms with Crippen LogP contribution in [-0.2, 0) is 15.7 Å². The van der Waals surface area contributed by atoms with E-state index in [9.17, 15) is 8.42 Å². The van der Waals surface area contributed by atoms with Crippen molar-refractivity contribution < 1.29 is 13.2 Å². The Labute approximate surface area is 135 Å². The average molecular weight is 387 g/mol. The molecule has 2 rings (SSSR count). The maximum atomic E-state index is 11.2. The molecule has 4 nitrogen and oxygen atoms in total. The molecule has 0 saturated carbocycles. The van der Waals surface area contributed by atoms with E-state index in [2.05, 4.69) is 22.0 Å². The summed E-state index contributed by atoms with van der Waals surface area (Å²) < 4.78 is 28.5. The van der Waals surface area contributed by atoms with Crippen LogP contribution >= 0.6 is 26.6 Å². The fourth-order valence-corrected chi connectivity index (χ4v) is 3.06. The van der Waals surface area contributed by atoms with Crippen molar-refractivity contribution in [2.24, 2.45) is 0 Å². The maximum Gasteiger partial charge on any atom is 0.261 e. The predicted octanol–water partition coefficient (Wildman–Crippen LogP) is 3.83. The molecular weight excluding hydrogens is 378 g/mol. The van der Waals surface area contributed by atoms with E-state index in [-0.39, 0.29) is 11.5 Å². The summed E-state index contributed by atoms with van der Waals surface area (Å²) in [5, 5.41) is 8.83. The molecule has 0 bridgehead atoms. The molecule has 7 heteroatoms. The zero-order valence-electron chi connectivity index (χ0n) is 10.6. The SMILES string of the molecule is N#Cc1cccc(COc2ccc(S(=O)(=O)Cl)cc2Br)c1. The van der Waals surface area contributed by atoms with Crippen LogP contribution in [0.2, 0.25) is 0 Å². The molecule has 0 spiro atoms. The van der Waals surface area contributed by atoms with Crippen molar-refractivity contribution in [2.75, 3.05) is 0 Å². The van der Waals surface area contributed by atoms with Crippen LogP contribution in [0.4, 0.5) is 0 Å². The van der Waals surface area contributed by atoms with Crippen LogP contribution < -0.4 is 4.74 Å². The van der Waals surface area contributed by atoms with Gasteiger partial charge >= 0.3 is 0 Å². The van der Waals surface area contributed by atoms with Crippen LogP contribution in [0, 0.1) is 11.3 Å². The Kier molecular flexibility index (Phi) is 4.88. The van der Waals surface area contributed by atoms with Gasteiger partial charge < -0.3 is 4.74 Å². The molecule has 108 valence electrons. The van der Waals surface area contributed by atoms with Crippen molar-refractivity contribution in [1.82, 2.24) is 0 Å². The molecule has 0 amide bonds. The first-order valence-corrected chi connectivity index (χ1v) is 8.86. The van der Waals surface area contributed by atoms with Gasteiger partial charge in [-0.05, 0) is 51.8 Å². The number of nitriles is 1. The smallest absolute Gasteiger partial charge is 0.261 e. The predicted molar refractivity (Wildman–Crippen MR) is 82.7 cm³/mol. The van der Waals surface area contributed by atoms with E-state index in [0.29, 0.717) is 15.8 Å². The fourth-order valence-electron chi connectivity index (χ4n) is 1.64. The zero-order chi connectivity index (χ0) is 15.5. The van der Waals surface area contributed by atoms with Gasteiger partial charge in [-0.25, -0.2) is 8.42 Å². The summed E-state index contributed by atoms with van der Waals surface area (Å²) in [5.74, 6) is 0.487. The lowest BCUT2D eigenvalue weighted by Gasteiger charge is -2.09. The van der Waals surface area contributed by atoms with Crippen molar-refractivity contribution in [3.8, 4) is 11.8 Å². The Morgan fingerprint density at radius 3 is 2.62 bits per heavy atom. The van der Waals surface area contributed by atoms with Crippen LogP contribution in [0.3, 0.4) is 0 Å². The Morgan fingerprint density at radius 1 is 1.24 bits per heavy atom. The maximum absolute atomic E-state index is 11.2. The second-order valence-electron chi connectivity index (χ2n) is 4.13. The molecule has 0 N–H and O–H groups in total. The van der Waals surface area contributed by atoms with Gasteiger partial charge in [-0.2, -0.15) is 5.26 Å². The molecule has 0 heterocycles. The third-order valence-corrected chi connectivity index (χ3v) is 4.61. The summed E-state index contributed by atoms with van der Waals surface area (Å²) in [6.45, 7) is 0.265. The highest BCUT2D eigenvalue weighted by Crippen LogP contribution is 2.29. The van der Waals surface area contributed by atoms with Crippen molar-refractivity contribution >= 4 is 35.7 Å². The number of hydrogen-bond donors (Lipinski definition) is 0. The minimum atomic E-state index is -3.77. The van der Waals surface area contributed by atoms with Gasteiger partial charge in [0.15, 0.2) is 0 Å². The van der Waals surface area contributed by atoms with Gasteiger partial charge in [-0.3, -0.25) is 0 Å². The van der Waals surface area contributed by atoms with E-state index in [1.165, 1.54) is 18.2 Å². The number of benzene rings is 2. The Hall–Kier alpha value is -1.55. The number of rotatable bonds is 4. The van der Waals surface area contributed by atoms with E-state index in [4.69, 9.17) is 20.7 Å². The van der Waals surface area contributed by atoms with Gasteiger partial charge in [-0.15, -0.1) is 0 Å². The molecule has 0 aliphatic rings. The number of hydrogen-bond acceptors (Lipinski definition) is 4. The van der Waals surface area contributed by atoms with Gasteiger partial charge in [0.25, 0.3) is 9.05 Å². The Bertz CT molecular complexity index is 815. The zero-order valence-corrected chi connectivity index (χ0v) is 13.7. The van der Waals surface area contributed by atoms with E-state index in [0.717, 1.165) is 5.56 Å².